The van der Waals surface area contributed by atoms with Gasteiger partial charge in [-0.05, 0) is 10.8 Å². The predicted molar refractivity (Wildman–Crippen MR) is 72.1 cm³/mol. The van der Waals surface area contributed by atoms with Gasteiger partial charge in [0.2, 0.25) is 0 Å². The van der Waals surface area contributed by atoms with Gasteiger partial charge in [0.25, 0.3) is 0 Å². The van der Waals surface area contributed by atoms with Crippen molar-refractivity contribution in [3.63, 3.8) is 0 Å². The lowest BCUT2D eigenvalue weighted by Crippen LogP contribution is -2.55. The maximum absolute atomic E-state index is 14.1. The summed E-state index contributed by atoms with van der Waals surface area (Å²) < 4.78 is 29.4. The average Bonchev–Trinajstić information content (AvgIpc) is 2.46. The molecule has 0 saturated carbocycles. The van der Waals surface area contributed by atoms with Gasteiger partial charge in [-0.2, -0.15) is 5.11 Å². The van der Waals surface area contributed by atoms with Crippen molar-refractivity contribution in [3.8, 4) is 0 Å². The number of rotatable bonds is 6. The highest BCUT2D eigenvalue weighted by Crippen LogP contribution is 2.29. The van der Waals surface area contributed by atoms with Crippen molar-refractivity contribution in [2.45, 2.75) is 44.7 Å². The fraction of sp³-hybridized carbons (Fsp3) is 0.818. The first kappa shape index (κ1) is 18.6. The normalized spacial score (nSPS) is 27.1. The van der Waals surface area contributed by atoms with Crippen LogP contribution >= 0.6 is 0 Å². The Bertz CT molecular complexity index is 511. The van der Waals surface area contributed by atoms with Gasteiger partial charge in [-0.3, -0.25) is 9.59 Å². The van der Waals surface area contributed by atoms with Gasteiger partial charge in [-0.25, -0.2) is 0 Å². The van der Waals surface area contributed by atoms with E-state index < -0.39 is 36.4 Å². The van der Waals surface area contributed by atoms with E-state index in [4.69, 9.17) is 19.7 Å². The second-order valence-corrected chi connectivity index (χ2v) is 4.59. The minimum atomic E-state index is -1.13. The standard InChI is InChI=1S/C11H17FN6O5/c1-6(19)21-5-9-11(22-7(2)20)8(18(12)17-14-3)4-10(23-9)15-16-13/h8-11H,4-5H2,1-3H3/t8-,9-,10?,11-/m1/s1. The summed E-state index contributed by atoms with van der Waals surface area (Å²) in [4.78, 5) is 24.8. The molecule has 1 saturated heterocycles. The lowest BCUT2D eigenvalue weighted by atomic mass is 9.98. The quantitative estimate of drug-likeness (QED) is 0.180. The zero-order valence-electron chi connectivity index (χ0n) is 12.8. The van der Waals surface area contributed by atoms with Crippen molar-refractivity contribution in [2.24, 2.45) is 15.5 Å². The number of hydrogen-bond donors (Lipinski definition) is 0. The van der Waals surface area contributed by atoms with E-state index in [1.807, 2.05) is 0 Å². The highest BCUT2D eigenvalue weighted by Gasteiger charge is 2.45. The first-order chi connectivity index (χ1) is 10.9. The van der Waals surface area contributed by atoms with Crippen LogP contribution < -0.4 is 0 Å². The third-order valence-electron chi connectivity index (χ3n) is 2.90. The van der Waals surface area contributed by atoms with Crippen LogP contribution in [0.2, 0.25) is 0 Å². The first-order valence-electron chi connectivity index (χ1n) is 6.64. The molecular formula is C11H17FN6O5. The van der Waals surface area contributed by atoms with Gasteiger partial charge in [-0.15, -0.1) is 5.23 Å². The van der Waals surface area contributed by atoms with Gasteiger partial charge in [-0.1, -0.05) is 9.60 Å². The van der Waals surface area contributed by atoms with E-state index in [0.717, 1.165) is 6.92 Å². The van der Waals surface area contributed by atoms with Crippen molar-refractivity contribution in [3.05, 3.63) is 10.4 Å². The maximum atomic E-state index is 14.1. The summed E-state index contributed by atoms with van der Waals surface area (Å²) in [6.45, 7) is 2.01. The zero-order valence-corrected chi connectivity index (χ0v) is 12.8. The van der Waals surface area contributed by atoms with Crippen LogP contribution in [-0.2, 0) is 23.8 Å². The monoisotopic (exact) mass is 332 g/mol. The Morgan fingerprint density at radius 3 is 2.65 bits per heavy atom. The smallest absolute Gasteiger partial charge is 0.303 e. The van der Waals surface area contributed by atoms with Crippen molar-refractivity contribution in [2.75, 3.05) is 13.7 Å². The molecule has 1 unspecified atom stereocenters. The molecule has 0 radical (unpaired) electrons. The highest BCUT2D eigenvalue weighted by atomic mass is 19.2. The summed E-state index contributed by atoms with van der Waals surface area (Å²) >= 11 is 0. The number of halogens is 1. The molecule has 1 heterocycles. The van der Waals surface area contributed by atoms with Gasteiger partial charge in [0.05, 0.1) is 7.05 Å². The van der Waals surface area contributed by atoms with E-state index in [-0.39, 0.29) is 18.3 Å². The number of carbonyl (C=O) groups excluding carboxylic acids is 2. The molecule has 1 aliphatic heterocycles. The van der Waals surface area contributed by atoms with Crippen molar-refractivity contribution in [1.82, 2.24) is 5.23 Å². The number of nitrogens with zero attached hydrogens (tertiary/aromatic N) is 6. The minimum absolute atomic E-state index is 0.00319. The van der Waals surface area contributed by atoms with Gasteiger partial charge >= 0.3 is 11.9 Å². The third kappa shape index (κ3) is 5.68. The van der Waals surface area contributed by atoms with Crippen LogP contribution in [0.3, 0.4) is 0 Å². The summed E-state index contributed by atoms with van der Waals surface area (Å²) in [5, 5.41) is 9.91. The van der Waals surface area contributed by atoms with E-state index in [2.05, 4.69) is 20.4 Å². The molecule has 11 nitrogen and oxygen atoms in total. The topological polar surface area (TPSA) is 139 Å². The molecule has 0 aliphatic carbocycles. The van der Waals surface area contributed by atoms with Gasteiger partial charge in [0.15, 0.2) is 6.10 Å². The van der Waals surface area contributed by atoms with E-state index in [1.165, 1.54) is 14.0 Å². The number of esters is 2. The molecule has 12 heteroatoms. The van der Waals surface area contributed by atoms with E-state index in [9.17, 15) is 14.1 Å². The SMILES string of the molecule is CN=NN(F)[C@@H]1CC(N=[N+]=[N-])O[C@H](COC(C)=O)[C@@H]1OC(C)=O. The Hall–Kier alpha value is -2.46. The summed E-state index contributed by atoms with van der Waals surface area (Å²) in [5.41, 5.74) is 8.52. The molecule has 0 aromatic rings. The van der Waals surface area contributed by atoms with E-state index in [0.29, 0.717) is 0 Å². The number of ether oxygens (including phenoxy) is 3. The summed E-state index contributed by atoms with van der Waals surface area (Å²) in [6.07, 6.45) is -3.33. The van der Waals surface area contributed by atoms with Gasteiger partial charge < -0.3 is 14.2 Å². The molecule has 0 N–H and O–H groups in total. The predicted octanol–water partition coefficient (Wildman–Crippen LogP) is 1.46. The Labute approximate surface area is 130 Å². The summed E-state index contributed by atoms with van der Waals surface area (Å²) in [5.74, 6) is -1.27. The number of hydrogen-bond acceptors (Lipinski definition) is 8. The highest BCUT2D eigenvalue weighted by molar-refractivity contribution is 5.66. The van der Waals surface area contributed by atoms with Crippen molar-refractivity contribution < 1.29 is 28.3 Å². The average molecular weight is 332 g/mol. The Balaban J connectivity index is 3.05. The lowest BCUT2D eigenvalue weighted by molar-refractivity contribution is -0.214. The van der Waals surface area contributed by atoms with Crippen LogP contribution in [0.4, 0.5) is 4.48 Å². The molecule has 0 spiro atoms. The van der Waals surface area contributed by atoms with E-state index in [1.54, 1.807) is 0 Å². The molecule has 128 valence electrons. The Kier molecular flexibility index (Phi) is 7.16. The molecule has 0 aromatic heterocycles. The second-order valence-electron chi connectivity index (χ2n) is 4.59. The zero-order chi connectivity index (χ0) is 17.4. The Morgan fingerprint density at radius 2 is 2.13 bits per heavy atom. The van der Waals surface area contributed by atoms with Crippen LogP contribution in [-0.4, -0.2) is 55.3 Å². The lowest BCUT2D eigenvalue weighted by Gasteiger charge is -2.39. The van der Waals surface area contributed by atoms with Crippen LogP contribution in [0.5, 0.6) is 0 Å². The molecule has 0 amide bonds. The third-order valence-corrected chi connectivity index (χ3v) is 2.90. The Morgan fingerprint density at radius 1 is 1.43 bits per heavy atom. The van der Waals surface area contributed by atoms with Gasteiger partial charge in [0, 0.05) is 25.2 Å². The second kappa shape index (κ2) is 8.86. The van der Waals surface area contributed by atoms with Crippen LogP contribution in [0.15, 0.2) is 15.5 Å². The molecule has 23 heavy (non-hydrogen) atoms. The summed E-state index contributed by atoms with van der Waals surface area (Å²) in [6, 6.07) is -1.12. The molecule has 0 bridgehead atoms. The van der Waals surface area contributed by atoms with Crippen LogP contribution in [0.1, 0.15) is 20.3 Å². The molecular weight excluding hydrogens is 315 g/mol. The first-order valence-corrected chi connectivity index (χ1v) is 6.64. The summed E-state index contributed by atoms with van der Waals surface area (Å²) in [7, 11) is 1.26. The van der Waals surface area contributed by atoms with Crippen LogP contribution in [0, 0.1) is 0 Å². The van der Waals surface area contributed by atoms with Crippen molar-refractivity contribution >= 4 is 11.9 Å². The van der Waals surface area contributed by atoms with Gasteiger partial charge in [0.1, 0.15) is 25.0 Å². The number of azide groups is 1. The fourth-order valence-electron chi connectivity index (χ4n) is 2.09. The molecule has 1 rings (SSSR count). The molecule has 1 aliphatic rings. The number of carbonyl (C=O) groups is 2. The minimum Gasteiger partial charge on any atom is -0.463 e. The van der Waals surface area contributed by atoms with Crippen molar-refractivity contribution in [1.29, 1.82) is 0 Å². The largest absolute Gasteiger partial charge is 0.463 e. The van der Waals surface area contributed by atoms with E-state index >= 15 is 0 Å². The molecule has 0 aromatic carbocycles. The fourth-order valence-corrected chi connectivity index (χ4v) is 2.09. The maximum Gasteiger partial charge on any atom is 0.303 e. The van der Waals surface area contributed by atoms with Crippen LogP contribution in [0.25, 0.3) is 10.4 Å². The molecule has 1 fully saturated rings. The molecule has 4 atom stereocenters.